The molecule has 2 fully saturated rings. The second kappa shape index (κ2) is 3.61. The fourth-order valence-corrected chi connectivity index (χ4v) is 2.47. The van der Waals surface area contributed by atoms with E-state index in [2.05, 4.69) is 0 Å². The molecule has 1 heterocycles. The first kappa shape index (κ1) is 10.1. The van der Waals surface area contributed by atoms with Crippen LogP contribution in [0.25, 0.3) is 0 Å². The molecule has 1 aliphatic carbocycles. The van der Waals surface area contributed by atoms with Crippen LogP contribution in [0.4, 0.5) is 0 Å². The predicted molar refractivity (Wildman–Crippen MR) is 50.9 cm³/mol. The Hall–Kier alpha value is -0.450. The number of carbonyl (C=O) groups is 1. The number of carbonyl (C=O) groups excluding carboxylic acids is 1. The SMILES string of the molecule is O=C1CCCC1N1CCC(O)(CO)C1. The van der Waals surface area contributed by atoms with Crippen molar-refractivity contribution in [2.45, 2.75) is 37.3 Å². The second-order valence-corrected chi connectivity index (χ2v) is 4.48. The summed E-state index contributed by atoms with van der Waals surface area (Å²) in [4.78, 5) is 13.5. The van der Waals surface area contributed by atoms with Gasteiger partial charge in [-0.25, -0.2) is 0 Å². The molecule has 0 aromatic heterocycles. The van der Waals surface area contributed by atoms with Crippen LogP contribution in [0.5, 0.6) is 0 Å². The highest BCUT2D eigenvalue weighted by Gasteiger charge is 2.41. The maximum Gasteiger partial charge on any atom is 0.149 e. The summed E-state index contributed by atoms with van der Waals surface area (Å²) >= 11 is 0. The van der Waals surface area contributed by atoms with E-state index in [1.807, 2.05) is 4.90 Å². The van der Waals surface area contributed by atoms with Crippen LogP contribution in [-0.2, 0) is 4.79 Å². The predicted octanol–water partition coefficient (Wildman–Crippen LogP) is -0.463. The van der Waals surface area contributed by atoms with Gasteiger partial charge in [-0.3, -0.25) is 9.69 Å². The molecule has 0 aromatic carbocycles. The van der Waals surface area contributed by atoms with E-state index in [9.17, 15) is 9.90 Å². The van der Waals surface area contributed by atoms with Crippen molar-refractivity contribution in [3.8, 4) is 0 Å². The van der Waals surface area contributed by atoms with Crippen molar-refractivity contribution in [3.05, 3.63) is 0 Å². The molecule has 1 aliphatic heterocycles. The number of aliphatic hydroxyl groups excluding tert-OH is 1. The van der Waals surface area contributed by atoms with Crippen LogP contribution in [0.15, 0.2) is 0 Å². The van der Waals surface area contributed by atoms with Gasteiger partial charge in [-0.2, -0.15) is 0 Å². The summed E-state index contributed by atoms with van der Waals surface area (Å²) in [6.45, 7) is 0.970. The highest BCUT2D eigenvalue weighted by molar-refractivity contribution is 5.85. The number of hydrogen-bond donors (Lipinski definition) is 2. The molecule has 1 saturated heterocycles. The summed E-state index contributed by atoms with van der Waals surface area (Å²) in [6, 6.07) is 0.00979. The normalized spacial score (nSPS) is 39.6. The Bertz CT molecular complexity index is 244. The number of rotatable bonds is 2. The fourth-order valence-electron chi connectivity index (χ4n) is 2.47. The molecular formula is C10H17NO3. The zero-order valence-electron chi connectivity index (χ0n) is 8.28. The summed E-state index contributed by atoms with van der Waals surface area (Å²) in [6.07, 6.45) is 3.14. The van der Waals surface area contributed by atoms with Crippen molar-refractivity contribution in [2.75, 3.05) is 19.7 Å². The van der Waals surface area contributed by atoms with Crippen molar-refractivity contribution >= 4 is 5.78 Å². The molecular weight excluding hydrogens is 182 g/mol. The van der Waals surface area contributed by atoms with E-state index in [4.69, 9.17) is 5.11 Å². The lowest BCUT2D eigenvalue weighted by Gasteiger charge is -2.24. The van der Waals surface area contributed by atoms with Crippen LogP contribution in [0.2, 0.25) is 0 Å². The van der Waals surface area contributed by atoms with E-state index in [0.717, 1.165) is 19.4 Å². The van der Waals surface area contributed by atoms with E-state index in [-0.39, 0.29) is 12.6 Å². The quantitative estimate of drug-likeness (QED) is 0.631. The molecule has 0 aromatic rings. The Labute approximate surface area is 83.5 Å². The molecule has 4 heteroatoms. The summed E-state index contributed by atoms with van der Waals surface area (Å²) in [5.41, 5.74) is -0.969. The van der Waals surface area contributed by atoms with Gasteiger partial charge in [0, 0.05) is 19.5 Å². The lowest BCUT2D eigenvalue weighted by molar-refractivity contribution is -0.122. The molecule has 1 saturated carbocycles. The topological polar surface area (TPSA) is 60.8 Å². The van der Waals surface area contributed by atoms with E-state index in [0.29, 0.717) is 25.2 Å². The number of β-amino-alcohol motifs (C(OH)–C–C–N with tert-alkyl or cyclic N) is 1. The zero-order chi connectivity index (χ0) is 10.2. The van der Waals surface area contributed by atoms with Gasteiger partial charge >= 0.3 is 0 Å². The van der Waals surface area contributed by atoms with Gasteiger partial charge in [-0.15, -0.1) is 0 Å². The molecule has 4 nitrogen and oxygen atoms in total. The maximum atomic E-state index is 11.5. The van der Waals surface area contributed by atoms with Gasteiger partial charge in [-0.05, 0) is 19.3 Å². The summed E-state index contributed by atoms with van der Waals surface area (Å²) in [7, 11) is 0. The lowest BCUT2D eigenvalue weighted by Crippen LogP contribution is -2.42. The Morgan fingerprint density at radius 3 is 2.86 bits per heavy atom. The first-order valence-electron chi connectivity index (χ1n) is 5.25. The number of Topliss-reactive ketones (excluding diaryl/α,β-unsaturated/α-hetero) is 1. The Balaban J connectivity index is 1.98. The van der Waals surface area contributed by atoms with Crippen LogP contribution in [0.3, 0.4) is 0 Å². The molecule has 0 bridgehead atoms. The smallest absolute Gasteiger partial charge is 0.149 e. The van der Waals surface area contributed by atoms with Gasteiger partial charge < -0.3 is 10.2 Å². The fraction of sp³-hybridized carbons (Fsp3) is 0.900. The minimum Gasteiger partial charge on any atom is -0.393 e. The summed E-state index contributed by atoms with van der Waals surface area (Å²) in [5, 5.41) is 18.8. The van der Waals surface area contributed by atoms with E-state index >= 15 is 0 Å². The minimum atomic E-state index is -0.969. The van der Waals surface area contributed by atoms with Crippen LogP contribution in [0.1, 0.15) is 25.7 Å². The maximum absolute atomic E-state index is 11.5. The van der Waals surface area contributed by atoms with Gasteiger partial charge in [0.05, 0.1) is 12.6 Å². The number of ketones is 1. The molecule has 2 atom stereocenters. The minimum absolute atomic E-state index is 0.00979. The van der Waals surface area contributed by atoms with E-state index in [1.165, 1.54) is 0 Å². The molecule has 0 spiro atoms. The first-order chi connectivity index (χ1) is 6.64. The van der Waals surface area contributed by atoms with Gasteiger partial charge in [0.1, 0.15) is 11.4 Å². The third kappa shape index (κ3) is 1.69. The van der Waals surface area contributed by atoms with Crippen molar-refractivity contribution < 1.29 is 15.0 Å². The summed E-state index contributed by atoms with van der Waals surface area (Å²) in [5.74, 6) is 0.298. The molecule has 80 valence electrons. The molecule has 2 rings (SSSR count). The Morgan fingerprint density at radius 1 is 1.57 bits per heavy atom. The number of aliphatic hydroxyl groups is 2. The molecule has 2 N–H and O–H groups in total. The van der Waals surface area contributed by atoms with Gasteiger partial charge in [-0.1, -0.05) is 0 Å². The third-order valence-electron chi connectivity index (χ3n) is 3.37. The third-order valence-corrected chi connectivity index (χ3v) is 3.37. The standard InChI is InChI=1S/C10H17NO3/c12-7-10(14)4-5-11(6-10)8-2-1-3-9(8)13/h8,12,14H,1-7H2. The number of hydrogen-bond acceptors (Lipinski definition) is 4. The van der Waals surface area contributed by atoms with Crippen molar-refractivity contribution in [1.82, 2.24) is 4.90 Å². The average Bonchev–Trinajstić information content (AvgIpc) is 2.73. The van der Waals surface area contributed by atoms with Gasteiger partial charge in [0.2, 0.25) is 0 Å². The number of likely N-dealkylation sites (tertiary alicyclic amines) is 1. The molecule has 0 radical (unpaired) electrons. The van der Waals surface area contributed by atoms with E-state index in [1.54, 1.807) is 0 Å². The molecule has 14 heavy (non-hydrogen) atoms. The highest BCUT2D eigenvalue weighted by atomic mass is 16.3. The summed E-state index contributed by atoms with van der Waals surface area (Å²) < 4.78 is 0. The van der Waals surface area contributed by atoms with Crippen LogP contribution >= 0.6 is 0 Å². The Morgan fingerprint density at radius 2 is 2.36 bits per heavy atom. The zero-order valence-corrected chi connectivity index (χ0v) is 8.28. The lowest BCUT2D eigenvalue weighted by atomic mass is 10.1. The molecule has 0 amide bonds. The number of nitrogens with zero attached hydrogens (tertiary/aromatic N) is 1. The largest absolute Gasteiger partial charge is 0.393 e. The monoisotopic (exact) mass is 199 g/mol. The average molecular weight is 199 g/mol. The van der Waals surface area contributed by atoms with Crippen molar-refractivity contribution in [2.24, 2.45) is 0 Å². The van der Waals surface area contributed by atoms with E-state index < -0.39 is 5.60 Å². The molecule has 2 aliphatic rings. The van der Waals surface area contributed by atoms with Crippen LogP contribution in [0, 0.1) is 0 Å². The van der Waals surface area contributed by atoms with Gasteiger partial charge in [0.25, 0.3) is 0 Å². The van der Waals surface area contributed by atoms with Crippen LogP contribution < -0.4 is 0 Å². The highest BCUT2D eigenvalue weighted by Crippen LogP contribution is 2.28. The second-order valence-electron chi connectivity index (χ2n) is 4.48. The first-order valence-corrected chi connectivity index (χ1v) is 5.25. The van der Waals surface area contributed by atoms with Crippen molar-refractivity contribution in [3.63, 3.8) is 0 Å². The molecule has 2 unspecified atom stereocenters. The van der Waals surface area contributed by atoms with Crippen LogP contribution in [-0.4, -0.2) is 52.2 Å². The Kier molecular flexibility index (Phi) is 2.60. The van der Waals surface area contributed by atoms with Crippen molar-refractivity contribution in [1.29, 1.82) is 0 Å². The van der Waals surface area contributed by atoms with Gasteiger partial charge in [0.15, 0.2) is 0 Å².